The monoisotopic (exact) mass is 313 g/mol. The number of rotatable bonds is 7. The van der Waals surface area contributed by atoms with Crippen molar-refractivity contribution in [2.24, 2.45) is 16.6 Å². The number of β-lactam (4-membered cyclic amide) rings is 1. The van der Waals surface area contributed by atoms with E-state index in [-0.39, 0.29) is 17.6 Å². The molecule has 21 heavy (non-hydrogen) atoms. The summed E-state index contributed by atoms with van der Waals surface area (Å²) in [4.78, 5) is 29.4. The number of hydrogen-bond donors (Lipinski definition) is 3. The Labute approximate surface area is 126 Å². The van der Waals surface area contributed by atoms with Gasteiger partial charge in [-0.2, -0.15) is 0 Å². The smallest absolute Gasteiger partial charge is 0.353 e. The normalized spacial score (nSPS) is 26.2. The largest absolute Gasteiger partial charge is 0.477 e. The molecule has 2 aliphatic heterocycles. The van der Waals surface area contributed by atoms with Gasteiger partial charge in [0.2, 0.25) is 5.91 Å². The average Bonchev–Trinajstić information content (AvgIpc) is 2.78. The van der Waals surface area contributed by atoms with Crippen LogP contribution < -0.4 is 5.73 Å². The Bertz CT molecular complexity index is 506. The number of aliphatic hydroxyl groups excluding tert-OH is 1. The van der Waals surface area contributed by atoms with Gasteiger partial charge in [-0.15, -0.1) is 11.8 Å². The lowest BCUT2D eigenvalue weighted by Gasteiger charge is -2.45. The minimum absolute atomic E-state index is 0.0614. The lowest BCUT2D eigenvalue weighted by molar-refractivity contribution is -0.162. The first-order chi connectivity index (χ1) is 10.0. The van der Waals surface area contributed by atoms with Crippen LogP contribution in [0.3, 0.4) is 0 Å². The molecule has 4 N–H and O–H groups in total. The van der Waals surface area contributed by atoms with E-state index < -0.39 is 18.0 Å². The minimum Gasteiger partial charge on any atom is -0.477 e. The van der Waals surface area contributed by atoms with Crippen molar-refractivity contribution >= 4 is 30.0 Å². The maximum Gasteiger partial charge on any atom is 0.353 e. The Hall–Kier alpha value is -1.54. The summed E-state index contributed by atoms with van der Waals surface area (Å²) in [6, 6.07) is -0.223. The van der Waals surface area contributed by atoms with Crippen molar-refractivity contribution in [2.45, 2.75) is 31.9 Å². The first kappa shape index (κ1) is 15.8. The van der Waals surface area contributed by atoms with Gasteiger partial charge < -0.3 is 20.8 Å². The van der Waals surface area contributed by atoms with E-state index in [1.165, 1.54) is 23.0 Å². The Morgan fingerprint density at radius 2 is 2.38 bits per heavy atom. The number of aliphatic carboxylic acids is 1. The van der Waals surface area contributed by atoms with Crippen LogP contribution in [0.4, 0.5) is 0 Å². The molecule has 116 valence electrons. The zero-order chi connectivity index (χ0) is 15.6. The van der Waals surface area contributed by atoms with Gasteiger partial charge in [-0.1, -0.05) is 6.92 Å². The highest BCUT2D eigenvalue weighted by Crippen LogP contribution is 2.47. The summed E-state index contributed by atoms with van der Waals surface area (Å²) in [5, 5.41) is 19.2. The van der Waals surface area contributed by atoms with Crippen molar-refractivity contribution < 1.29 is 19.8 Å². The number of carbonyl (C=O) groups excluding carboxylic acids is 1. The van der Waals surface area contributed by atoms with E-state index in [0.29, 0.717) is 30.0 Å². The SMILES string of the molecule is CC[C@@H](O)[C@H]1C(=O)N2C(C(=O)O)=C(SCCN=CN)C[C@H]12. The Morgan fingerprint density at radius 3 is 2.95 bits per heavy atom. The zero-order valence-corrected chi connectivity index (χ0v) is 12.5. The molecule has 3 atom stereocenters. The van der Waals surface area contributed by atoms with Gasteiger partial charge in [0, 0.05) is 17.1 Å². The fourth-order valence-electron chi connectivity index (χ4n) is 2.80. The van der Waals surface area contributed by atoms with Gasteiger partial charge in [-0.25, -0.2) is 4.79 Å². The third-order valence-corrected chi connectivity index (χ3v) is 4.90. The Morgan fingerprint density at radius 1 is 1.67 bits per heavy atom. The quantitative estimate of drug-likeness (QED) is 0.264. The van der Waals surface area contributed by atoms with Gasteiger partial charge in [-0.3, -0.25) is 9.79 Å². The van der Waals surface area contributed by atoms with Gasteiger partial charge in [-0.05, 0) is 6.42 Å². The molecule has 0 bridgehead atoms. The second kappa shape index (κ2) is 6.48. The Kier molecular flexibility index (Phi) is 4.89. The van der Waals surface area contributed by atoms with Gasteiger partial charge in [0.05, 0.1) is 30.9 Å². The second-order valence-corrected chi connectivity index (χ2v) is 6.15. The lowest BCUT2D eigenvalue weighted by Crippen LogP contribution is -2.62. The number of carbonyl (C=O) groups is 2. The van der Waals surface area contributed by atoms with Crippen molar-refractivity contribution in [2.75, 3.05) is 12.3 Å². The molecule has 2 rings (SSSR count). The molecule has 0 spiro atoms. The molecule has 7 nitrogen and oxygen atoms in total. The number of nitrogens with two attached hydrogens (primary N) is 1. The molecule has 1 fully saturated rings. The molecule has 2 aliphatic rings. The van der Waals surface area contributed by atoms with E-state index in [4.69, 9.17) is 5.73 Å². The van der Waals surface area contributed by atoms with E-state index >= 15 is 0 Å². The van der Waals surface area contributed by atoms with Crippen LogP contribution in [0.25, 0.3) is 0 Å². The summed E-state index contributed by atoms with van der Waals surface area (Å²) >= 11 is 1.39. The molecule has 0 radical (unpaired) electrons. The van der Waals surface area contributed by atoms with E-state index in [2.05, 4.69) is 4.99 Å². The van der Waals surface area contributed by atoms with Gasteiger partial charge >= 0.3 is 5.97 Å². The molecule has 0 aromatic rings. The zero-order valence-electron chi connectivity index (χ0n) is 11.7. The van der Waals surface area contributed by atoms with Crippen LogP contribution in [-0.2, 0) is 9.59 Å². The number of fused-ring (bicyclic) bond motifs is 1. The first-order valence-corrected chi connectivity index (χ1v) is 7.81. The summed E-state index contributed by atoms with van der Waals surface area (Å²) in [7, 11) is 0. The molecule has 0 aromatic heterocycles. The highest BCUT2D eigenvalue weighted by molar-refractivity contribution is 8.03. The fourth-order valence-corrected chi connectivity index (χ4v) is 3.86. The number of thioether (sulfide) groups is 1. The summed E-state index contributed by atoms with van der Waals surface area (Å²) in [5.74, 6) is -1.26. The van der Waals surface area contributed by atoms with Crippen LogP contribution in [0.1, 0.15) is 19.8 Å². The third kappa shape index (κ3) is 2.77. The predicted molar refractivity (Wildman–Crippen MR) is 79.7 cm³/mol. The summed E-state index contributed by atoms with van der Waals surface area (Å²) in [6.45, 7) is 2.30. The second-order valence-electron chi connectivity index (χ2n) is 4.96. The van der Waals surface area contributed by atoms with Gasteiger partial charge in [0.15, 0.2) is 0 Å². The van der Waals surface area contributed by atoms with Crippen molar-refractivity contribution in [3.63, 3.8) is 0 Å². The maximum absolute atomic E-state index is 12.1. The molecule has 8 heteroatoms. The summed E-state index contributed by atoms with van der Waals surface area (Å²) in [6.07, 6.45) is 1.48. The van der Waals surface area contributed by atoms with Crippen molar-refractivity contribution in [1.29, 1.82) is 0 Å². The topological polar surface area (TPSA) is 116 Å². The van der Waals surface area contributed by atoms with Gasteiger partial charge in [0.25, 0.3) is 0 Å². The van der Waals surface area contributed by atoms with Crippen molar-refractivity contribution in [1.82, 2.24) is 4.90 Å². The van der Waals surface area contributed by atoms with E-state index in [1.54, 1.807) is 0 Å². The first-order valence-electron chi connectivity index (χ1n) is 6.83. The number of amides is 1. The van der Waals surface area contributed by atoms with Crippen LogP contribution in [0.2, 0.25) is 0 Å². The number of carboxylic acids is 1. The fraction of sp³-hybridized carbons (Fsp3) is 0.615. The van der Waals surface area contributed by atoms with E-state index in [1.807, 2.05) is 6.92 Å². The number of aliphatic imine (C=N–C) groups is 1. The molecular formula is C13H19N3O4S. The molecular weight excluding hydrogens is 294 g/mol. The number of aliphatic hydroxyl groups is 1. The molecule has 2 heterocycles. The van der Waals surface area contributed by atoms with Crippen LogP contribution >= 0.6 is 11.8 Å². The number of nitrogens with zero attached hydrogens (tertiary/aromatic N) is 2. The molecule has 0 aliphatic carbocycles. The summed E-state index contributed by atoms with van der Waals surface area (Å²) < 4.78 is 0. The summed E-state index contributed by atoms with van der Waals surface area (Å²) in [5.41, 5.74) is 5.21. The molecule has 1 saturated heterocycles. The number of carboxylic acid groups (broad SMARTS) is 1. The van der Waals surface area contributed by atoms with Crippen molar-refractivity contribution in [3.05, 3.63) is 10.6 Å². The average molecular weight is 313 g/mol. The Balaban J connectivity index is 2.10. The standard InChI is InChI=1S/C13H19N3O4S/c1-2-8(17)10-7-5-9(21-4-3-15-6-14)11(13(19)20)16(7)12(10)18/h6-8,10,17H,2-5H2,1H3,(H2,14,15)(H,19,20)/t7-,8-,10+/m1/s1. The molecule has 1 amide bonds. The van der Waals surface area contributed by atoms with Crippen LogP contribution in [0, 0.1) is 5.92 Å². The molecule has 0 aromatic carbocycles. The highest BCUT2D eigenvalue weighted by Gasteiger charge is 2.57. The van der Waals surface area contributed by atoms with Crippen molar-refractivity contribution in [3.8, 4) is 0 Å². The molecule has 0 saturated carbocycles. The highest BCUT2D eigenvalue weighted by atomic mass is 32.2. The number of hydrogen-bond acceptors (Lipinski definition) is 5. The van der Waals surface area contributed by atoms with Crippen LogP contribution in [-0.4, -0.2) is 57.8 Å². The lowest BCUT2D eigenvalue weighted by atomic mass is 9.82. The van der Waals surface area contributed by atoms with Crippen LogP contribution in [0.15, 0.2) is 15.6 Å². The minimum atomic E-state index is -1.10. The molecule has 0 unspecified atom stereocenters. The third-order valence-electron chi connectivity index (χ3n) is 3.81. The van der Waals surface area contributed by atoms with Gasteiger partial charge in [0.1, 0.15) is 5.70 Å². The predicted octanol–water partition coefficient (Wildman–Crippen LogP) is 0.00440. The van der Waals surface area contributed by atoms with E-state index in [9.17, 15) is 19.8 Å². The maximum atomic E-state index is 12.1. The van der Waals surface area contributed by atoms with E-state index in [0.717, 1.165) is 0 Å². The van der Waals surface area contributed by atoms with Crippen LogP contribution in [0.5, 0.6) is 0 Å².